The minimum Gasteiger partial charge on any atom is -0.394 e. The number of hydrogen-bond acceptors (Lipinski definition) is 13. The van der Waals surface area contributed by atoms with Gasteiger partial charge in [0.2, 0.25) is 5.91 Å². The lowest BCUT2D eigenvalue weighted by molar-refractivity contribution is -0.359. The number of carbonyl (C=O) groups is 1. The van der Waals surface area contributed by atoms with Crippen LogP contribution in [0.5, 0.6) is 0 Å². The molecule has 0 aromatic heterocycles. The summed E-state index contributed by atoms with van der Waals surface area (Å²) >= 11 is 0. The number of aliphatic hydroxyl groups excluding tert-OH is 8. The number of amides is 1. The van der Waals surface area contributed by atoms with Crippen LogP contribution >= 0.6 is 0 Å². The van der Waals surface area contributed by atoms with Gasteiger partial charge < -0.3 is 65.1 Å². The molecular weight excluding hydrogens is 1130 g/mol. The maximum Gasteiger partial charge on any atom is 0.220 e. The van der Waals surface area contributed by atoms with E-state index in [0.29, 0.717) is 12.8 Å². The van der Waals surface area contributed by atoms with Crippen LogP contribution in [0.1, 0.15) is 258 Å². The molecule has 12 unspecified atom stereocenters. The van der Waals surface area contributed by atoms with Crippen LogP contribution in [0.25, 0.3) is 0 Å². The highest BCUT2D eigenvalue weighted by atomic mass is 16.7. The second-order valence-electron chi connectivity index (χ2n) is 24.6. The van der Waals surface area contributed by atoms with Gasteiger partial charge >= 0.3 is 0 Å². The van der Waals surface area contributed by atoms with Gasteiger partial charge in [-0.15, -0.1) is 0 Å². The van der Waals surface area contributed by atoms with E-state index in [4.69, 9.17) is 18.9 Å². The van der Waals surface area contributed by atoms with Crippen molar-refractivity contribution in [1.29, 1.82) is 0 Å². The zero-order valence-electron chi connectivity index (χ0n) is 56.1. The maximum absolute atomic E-state index is 13.3. The minimum atomic E-state index is -1.79. The van der Waals surface area contributed by atoms with E-state index in [2.05, 4.69) is 141 Å². The van der Waals surface area contributed by atoms with Crippen LogP contribution in [0.4, 0.5) is 0 Å². The molecule has 14 nitrogen and oxygen atoms in total. The molecule has 14 heteroatoms. The van der Waals surface area contributed by atoms with E-state index in [1.54, 1.807) is 0 Å². The zero-order valence-corrected chi connectivity index (χ0v) is 56.1. The van der Waals surface area contributed by atoms with E-state index in [9.17, 15) is 45.6 Å². The molecule has 9 N–H and O–H groups in total. The van der Waals surface area contributed by atoms with Crippen molar-refractivity contribution in [2.24, 2.45) is 0 Å². The number of unbranched alkanes of at least 4 members (excludes halogenated alkanes) is 24. The molecule has 2 aliphatic rings. The molecule has 0 aromatic rings. The Morgan fingerprint density at radius 2 is 0.767 bits per heavy atom. The van der Waals surface area contributed by atoms with E-state index in [-0.39, 0.29) is 18.9 Å². The second kappa shape index (κ2) is 59.2. The number of aliphatic hydroxyl groups is 8. The molecule has 12 atom stereocenters. The summed E-state index contributed by atoms with van der Waals surface area (Å²) in [6, 6.07) is -0.863. The molecule has 0 spiro atoms. The van der Waals surface area contributed by atoms with Gasteiger partial charge in [-0.1, -0.05) is 283 Å². The highest BCUT2D eigenvalue weighted by Crippen LogP contribution is 2.30. The quantitative estimate of drug-likeness (QED) is 0.0204. The Labute approximate surface area is 546 Å². The Balaban J connectivity index is 1.71. The second-order valence-corrected chi connectivity index (χ2v) is 24.6. The van der Waals surface area contributed by atoms with Gasteiger partial charge in [0, 0.05) is 6.42 Å². The molecule has 0 radical (unpaired) electrons. The summed E-state index contributed by atoms with van der Waals surface area (Å²) in [6.07, 6.45) is 69.2. The van der Waals surface area contributed by atoms with E-state index in [0.717, 1.165) is 103 Å². The summed E-state index contributed by atoms with van der Waals surface area (Å²) in [7, 11) is 0. The standard InChI is InChI=1S/C76H129NO13/c1-3-5-7-9-11-13-15-17-19-21-23-25-27-28-29-30-31-32-33-34-35-36-38-40-42-44-46-48-50-52-54-56-58-60-68(81)77-64(63-87-75-73(86)71(84)74(67(62-79)89-75)90-76-72(85)70(83)69(82)66(61-78)88-76)65(80)59-57-55-53-51-49-47-45-43-41-39-37-26-24-22-20-18-16-14-12-10-8-6-4-2/h5,7,11,13,17,19,23,25,28-29,31-32,34-35,38,40,44,46,50,52,64-67,69-76,78-80,82-86H,3-4,6,8-10,12,14-16,18,20-22,24,26-27,30,33,36-37,39,41-43,45,47-49,51,53-63H2,1-2H3,(H,77,81)/b7-5-,13-11-,19-17-,25-23-,29-28-,32-31-,35-34-,40-38-,46-44-,52-50-. The van der Waals surface area contributed by atoms with Gasteiger partial charge in [0.05, 0.1) is 32.0 Å². The first-order valence-electron chi connectivity index (χ1n) is 35.8. The lowest BCUT2D eigenvalue weighted by Gasteiger charge is -2.46. The van der Waals surface area contributed by atoms with Crippen LogP contribution in [0, 0.1) is 0 Å². The summed E-state index contributed by atoms with van der Waals surface area (Å²) in [4.78, 5) is 13.3. The van der Waals surface area contributed by atoms with E-state index >= 15 is 0 Å². The lowest BCUT2D eigenvalue weighted by atomic mass is 9.97. The summed E-state index contributed by atoms with van der Waals surface area (Å²) < 4.78 is 22.9. The van der Waals surface area contributed by atoms with Crippen LogP contribution < -0.4 is 5.32 Å². The smallest absolute Gasteiger partial charge is 0.220 e. The van der Waals surface area contributed by atoms with Crippen molar-refractivity contribution < 1.29 is 64.6 Å². The van der Waals surface area contributed by atoms with Crippen LogP contribution in [0.2, 0.25) is 0 Å². The molecule has 516 valence electrons. The van der Waals surface area contributed by atoms with E-state index < -0.39 is 86.8 Å². The van der Waals surface area contributed by atoms with Crippen molar-refractivity contribution in [2.45, 2.75) is 331 Å². The zero-order chi connectivity index (χ0) is 65.2. The third-order valence-electron chi connectivity index (χ3n) is 16.7. The third-order valence-corrected chi connectivity index (χ3v) is 16.7. The number of hydrogen-bond donors (Lipinski definition) is 9. The van der Waals surface area contributed by atoms with Gasteiger partial charge in [0.1, 0.15) is 48.8 Å². The van der Waals surface area contributed by atoms with Gasteiger partial charge in [-0.05, 0) is 89.9 Å². The van der Waals surface area contributed by atoms with Gasteiger partial charge in [0.25, 0.3) is 0 Å². The summed E-state index contributed by atoms with van der Waals surface area (Å²) in [6.45, 7) is 2.73. The summed E-state index contributed by atoms with van der Waals surface area (Å²) in [5.41, 5.74) is 0. The summed E-state index contributed by atoms with van der Waals surface area (Å²) in [5.74, 6) is -0.251. The largest absolute Gasteiger partial charge is 0.394 e. The van der Waals surface area contributed by atoms with Gasteiger partial charge in [-0.3, -0.25) is 4.79 Å². The SMILES string of the molecule is CC/C=C\C/C=C\C/C=C\C/C=C\C/C=C\C/C=C\C/C=C\C/C=C\C/C=C\C/C=C\CCCCC(=O)NC(COC1OC(CO)C(OC2OC(CO)C(O)C(O)C2O)C(O)C1O)C(O)CCCCCCCCCCCCCCCCCCCCCCCCC. The topological polar surface area (TPSA) is 228 Å². The lowest BCUT2D eigenvalue weighted by Crippen LogP contribution is -2.65. The van der Waals surface area contributed by atoms with Gasteiger partial charge in [-0.25, -0.2) is 0 Å². The normalized spacial score (nSPS) is 23.7. The van der Waals surface area contributed by atoms with Crippen LogP contribution in [0.3, 0.4) is 0 Å². The number of ether oxygens (including phenoxy) is 4. The Hall–Kier alpha value is -3.61. The molecule has 90 heavy (non-hydrogen) atoms. The van der Waals surface area contributed by atoms with Gasteiger partial charge in [-0.2, -0.15) is 0 Å². The Kier molecular flexibility index (Phi) is 54.2. The number of rotatable bonds is 57. The number of carbonyl (C=O) groups excluding carboxylic acids is 1. The average molecular weight is 1260 g/mol. The fourth-order valence-electron chi connectivity index (χ4n) is 11.0. The molecule has 1 amide bonds. The predicted octanol–water partition coefficient (Wildman–Crippen LogP) is 14.9. The molecule has 0 bridgehead atoms. The monoisotopic (exact) mass is 1260 g/mol. The van der Waals surface area contributed by atoms with Crippen LogP contribution in [0.15, 0.2) is 122 Å². The fraction of sp³-hybridized carbons (Fsp3) is 0.724. The van der Waals surface area contributed by atoms with Crippen molar-refractivity contribution in [3.05, 3.63) is 122 Å². The molecule has 2 saturated heterocycles. The first kappa shape index (κ1) is 82.5. The Morgan fingerprint density at radius 1 is 0.411 bits per heavy atom. The minimum absolute atomic E-state index is 0.241. The molecule has 2 rings (SSSR count). The van der Waals surface area contributed by atoms with Crippen molar-refractivity contribution in [1.82, 2.24) is 5.32 Å². The average Bonchev–Trinajstić information content (AvgIpc) is 1.41. The highest BCUT2D eigenvalue weighted by Gasteiger charge is 2.51. The van der Waals surface area contributed by atoms with Crippen LogP contribution in [-0.2, 0) is 23.7 Å². The van der Waals surface area contributed by atoms with Crippen molar-refractivity contribution >= 4 is 5.91 Å². The Bertz CT molecular complexity index is 1980. The number of nitrogens with one attached hydrogen (secondary N) is 1. The molecule has 0 aromatic carbocycles. The van der Waals surface area contributed by atoms with Crippen molar-refractivity contribution in [3.63, 3.8) is 0 Å². The van der Waals surface area contributed by atoms with Crippen LogP contribution in [-0.4, -0.2) is 140 Å². The molecule has 2 aliphatic heterocycles. The molecule has 2 fully saturated rings. The molecular formula is C76H129NO13. The van der Waals surface area contributed by atoms with E-state index in [1.807, 2.05) is 0 Å². The highest BCUT2D eigenvalue weighted by molar-refractivity contribution is 5.76. The maximum atomic E-state index is 13.3. The Morgan fingerprint density at radius 3 is 1.16 bits per heavy atom. The predicted molar refractivity (Wildman–Crippen MR) is 368 cm³/mol. The first-order chi connectivity index (χ1) is 44.1. The van der Waals surface area contributed by atoms with E-state index in [1.165, 1.54) is 122 Å². The number of allylic oxidation sites excluding steroid dienone is 20. The summed E-state index contributed by atoms with van der Waals surface area (Å²) in [5, 5.41) is 87.6. The van der Waals surface area contributed by atoms with Gasteiger partial charge in [0.15, 0.2) is 12.6 Å². The fourth-order valence-corrected chi connectivity index (χ4v) is 11.0. The molecule has 0 aliphatic carbocycles. The third kappa shape index (κ3) is 42.6. The molecule has 0 saturated carbocycles. The first-order valence-corrected chi connectivity index (χ1v) is 35.8. The van der Waals surface area contributed by atoms with Crippen molar-refractivity contribution in [2.75, 3.05) is 19.8 Å². The van der Waals surface area contributed by atoms with Crippen molar-refractivity contribution in [3.8, 4) is 0 Å². The molecule has 2 heterocycles.